The van der Waals surface area contributed by atoms with Gasteiger partial charge in [-0.25, -0.2) is 12.8 Å². The molecule has 1 fully saturated rings. The van der Waals surface area contributed by atoms with Crippen LogP contribution in [-0.2, 0) is 16.6 Å². The summed E-state index contributed by atoms with van der Waals surface area (Å²) in [5.74, 6) is -0.218. The van der Waals surface area contributed by atoms with E-state index in [9.17, 15) is 12.8 Å². The van der Waals surface area contributed by atoms with Crippen LogP contribution in [0.5, 0.6) is 0 Å². The third-order valence-corrected chi connectivity index (χ3v) is 5.92. The zero-order valence-corrected chi connectivity index (χ0v) is 12.7. The largest absolute Gasteiger partial charge is 0.326 e. The van der Waals surface area contributed by atoms with Gasteiger partial charge in [0.05, 0.1) is 0 Å². The smallest absolute Gasteiger partial charge is 0.246 e. The topological polar surface area (TPSA) is 63.4 Å². The van der Waals surface area contributed by atoms with Gasteiger partial charge in [-0.3, -0.25) is 0 Å². The van der Waals surface area contributed by atoms with Crippen LogP contribution in [0.3, 0.4) is 0 Å². The molecule has 2 atom stereocenters. The molecule has 1 aromatic carbocycles. The second-order valence-corrected chi connectivity index (χ2v) is 7.42. The molecule has 0 bridgehead atoms. The van der Waals surface area contributed by atoms with Gasteiger partial charge in [0.15, 0.2) is 0 Å². The Morgan fingerprint density at radius 2 is 2.10 bits per heavy atom. The summed E-state index contributed by atoms with van der Waals surface area (Å²) in [7, 11) is -3.80. The lowest BCUT2D eigenvalue weighted by molar-refractivity contribution is 0.219. The standard InChI is InChI=1S/C14H21FN2O2S/c1-10-5-6-17(11(2)7-10)20(18,19)14-8-12(9-16)3-4-13(14)15/h3-4,8,10-11H,5-7,9,16H2,1-2H3. The van der Waals surface area contributed by atoms with Gasteiger partial charge in [-0.15, -0.1) is 0 Å². The Kier molecular flexibility index (Phi) is 4.46. The van der Waals surface area contributed by atoms with Gasteiger partial charge < -0.3 is 5.73 Å². The molecule has 1 aromatic rings. The summed E-state index contributed by atoms with van der Waals surface area (Å²) in [6, 6.07) is 3.92. The predicted octanol–water partition coefficient (Wildman–Crippen LogP) is 2.09. The minimum Gasteiger partial charge on any atom is -0.326 e. The highest BCUT2D eigenvalue weighted by atomic mass is 32.2. The predicted molar refractivity (Wildman–Crippen MR) is 76.0 cm³/mol. The summed E-state index contributed by atoms with van der Waals surface area (Å²) < 4.78 is 40.6. The van der Waals surface area contributed by atoms with Crippen LogP contribution in [0, 0.1) is 11.7 Å². The number of benzene rings is 1. The number of rotatable bonds is 3. The number of nitrogens with zero attached hydrogens (tertiary/aromatic N) is 1. The van der Waals surface area contributed by atoms with Crippen LogP contribution in [0.2, 0.25) is 0 Å². The van der Waals surface area contributed by atoms with Crippen LogP contribution >= 0.6 is 0 Å². The molecule has 1 aliphatic rings. The Hall–Kier alpha value is -0.980. The fraction of sp³-hybridized carbons (Fsp3) is 0.571. The Labute approximate surface area is 119 Å². The highest BCUT2D eigenvalue weighted by Gasteiger charge is 2.34. The van der Waals surface area contributed by atoms with Gasteiger partial charge in [-0.2, -0.15) is 4.31 Å². The summed E-state index contributed by atoms with van der Waals surface area (Å²) in [6.45, 7) is 4.61. The molecule has 1 aliphatic heterocycles. The molecule has 2 unspecified atom stereocenters. The summed E-state index contributed by atoms with van der Waals surface area (Å²) >= 11 is 0. The molecule has 1 heterocycles. The lowest BCUT2D eigenvalue weighted by Crippen LogP contribution is -2.44. The fourth-order valence-corrected chi connectivity index (χ4v) is 4.51. The summed E-state index contributed by atoms with van der Waals surface area (Å²) in [5.41, 5.74) is 6.12. The maximum Gasteiger partial charge on any atom is 0.246 e. The SMILES string of the molecule is CC1CCN(S(=O)(=O)c2cc(CN)ccc2F)C(C)C1. The summed E-state index contributed by atoms with van der Waals surface area (Å²) in [5, 5.41) is 0. The van der Waals surface area contributed by atoms with Crippen LogP contribution in [-0.4, -0.2) is 25.3 Å². The monoisotopic (exact) mass is 300 g/mol. The molecule has 6 heteroatoms. The zero-order chi connectivity index (χ0) is 14.9. The molecule has 1 saturated heterocycles. The molecule has 0 radical (unpaired) electrons. The van der Waals surface area contributed by atoms with Gasteiger partial charge in [-0.1, -0.05) is 13.0 Å². The first-order chi connectivity index (χ1) is 9.36. The van der Waals surface area contributed by atoms with Crippen LogP contribution < -0.4 is 5.73 Å². The van der Waals surface area contributed by atoms with E-state index >= 15 is 0 Å². The molecule has 2 rings (SSSR count). The van der Waals surface area contributed by atoms with E-state index < -0.39 is 15.8 Å². The minimum absolute atomic E-state index is 0.107. The maximum absolute atomic E-state index is 13.9. The highest BCUT2D eigenvalue weighted by molar-refractivity contribution is 7.89. The van der Waals surface area contributed by atoms with E-state index in [1.54, 1.807) is 0 Å². The third kappa shape index (κ3) is 2.87. The van der Waals surface area contributed by atoms with E-state index in [4.69, 9.17) is 5.73 Å². The second kappa shape index (κ2) is 5.79. The van der Waals surface area contributed by atoms with Crippen molar-refractivity contribution in [3.8, 4) is 0 Å². The molecular weight excluding hydrogens is 279 g/mol. The van der Waals surface area contributed by atoms with Crippen molar-refractivity contribution in [1.29, 1.82) is 0 Å². The van der Waals surface area contributed by atoms with Gasteiger partial charge in [0.1, 0.15) is 10.7 Å². The first-order valence-corrected chi connectivity index (χ1v) is 8.30. The highest BCUT2D eigenvalue weighted by Crippen LogP contribution is 2.29. The average Bonchev–Trinajstić information content (AvgIpc) is 2.38. The van der Waals surface area contributed by atoms with E-state index in [2.05, 4.69) is 6.92 Å². The first-order valence-electron chi connectivity index (χ1n) is 6.86. The average molecular weight is 300 g/mol. The van der Waals surface area contributed by atoms with E-state index in [0.717, 1.165) is 12.8 Å². The molecule has 0 aliphatic carbocycles. The van der Waals surface area contributed by atoms with Crippen LogP contribution in [0.25, 0.3) is 0 Å². The zero-order valence-electron chi connectivity index (χ0n) is 11.8. The lowest BCUT2D eigenvalue weighted by Gasteiger charge is -2.35. The fourth-order valence-electron chi connectivity index (χ4n) is 2.74. The van der Waals surface area contributed by atoms with E-state index in [0.29, 0.717) is 18.0 Å². The van der Waals surface area contributed by atoms with Crippen molar-refractivity contribution >= 4 is 10.0 Å². The number of piperidine rings is 1. The van der Waals surface area contributed by atoms with Crippen molar-refractivity contribution in [3.63, 3.8) is 0 Å². The number of hydrogen-bond donors (Lipinski definition) is 1. The quantitative estimate of drug-likeness (QED) is 0.929. The molecule has 0 saturated carbocycles. The number of sulfonamides is 1. The molecule has 0 aromatic heterocycles. The van der Waals surface area contributed by atoms with Gasteiger partial charge in [0.2, 0.25) is 10.0 Å². The minimum atomic E-state index is -3.80. The van der Waals surface area contributed by atoms with Gasteiger partial charge in [0, 0.05) is 19.1 Å². The van der Waals surface area contributed by atoms with E-state index in [1.807, 2.05) is 6.92 Å². The van der Waals surface area contributed by atoms with Crippen molar-refractivity contribution in [2.45, 2.75) is 44.2 Å². The maximum atomic E-state index is 13.9. The van der Waals surface area contributed by atoms with E-state index in [1.165, 1.54) is 22.5 Å². The van der Waals surface area contributed by atoms with Crippen molar-refractivity contribution in [2.75, 3.05) is 6.54 Å². The Morgan fingerprint density at radius 3 is 2.70 bits per heavy atom. The molecule has 20 heavy (non-hydrogen) atoms. The third-order valence-electron chi connectivity index (χ3n) is 3.90. The molecular formula is C14H21FN2O2S. The Balaban J connectivity index is 2.40. The number of hydrogen-bond acceptors (Lipinski definition) is 3. The number of halogens is 1. The van der Waals surface area contributed by atoms with Gasteiger partial charge in [0.25, 0.3) is 0 Å². The van der Waals surface area contributed by atoms with Crippen LogP contribution in [0.4, 0.5) is 4.39 Å². The molecule has 112 valence electrons. The lowest BCUT2D eigenvalue weighted by atomic mass is 9.95. The summed E-state index contributed by atoms with van der Waals surface area (Å²) in [6.07, 6.45) is 1.61. The van der Waals surface area contributed by atoms with Crippen molar-refractivity contribution in [3.05, 3.63) is 29.6 Å². The molecule has 0 amide bonds. The van der Waals surface area contributed by atoms with Gasteiger partial charge in [-0.05, 0) is 43.4 Å². The summed E-state index contributed by atoms with van der Waals surface area (Å²) in [4.78, 5) is -0.262. The molecule has 0 spiro atoms. The normalized spacial score (nSPS) is 24.8. The number of nitrogens with two attached hydrogens (primary N) is 1. The Morgan fingerprint density at radius 1 is 1.40 bits per heavy atom. The van der Waals surface area contributed by atoms with Crippen molar-refractivity contribution in [1.82, 2.24) is 4.31 Å². The molecule has 4 nitrogen and oxygen atoms in total. The van der Waals surface area contributed by atoms with Gasteiger partial charge >= 0.3 is 0 Å². The van der Waals surface area contributed by atoms with E-state index in [-0.39, 0.29) is 17.5 Å². The van der Waals surface area contributed by atoms with Crippen LogP contribution in [0.15, 0.2) is 23.1 Å². The Bertz CT molecular complexity index is 589. The molecule has 2 N–H and O–H groups in total. The van der Waals surface area contributed by atoms with Crippen molar-refractivity contribution in [2.24, 2.45) is 11.7 Å². The van der Waals surface area contributed by atoms with Crippen LogP contribution in [0.1, 0.15) is 32.3 Å². The first kappa shape index (κ1) is 15.4. The van der Waals surface area contributed by atoms with Crippen molar-refractivity contribution < 1.29 is 12.8 Å². The second-order valence-electron chi connectivity index (χ2n) is 5.56.